The average molecular weight is 745 g/mol. The summed E-state index contributed by atoms with van der Waals surface area (Å²) in [5.41, 5.74) is 14.4. The molecule has 1 saturated heterocycles. The fraction of sp³-hybridized carbons (Fsp3) is 0.514. The van der Waals surface area contributed by atoms with Crippen LogP contribution in [0, 0.1) is 11.8 Å². The van der Waals surface area contributed by atoms with Gasteiger partial charge in [-0.25, -0.2) is 24.7 Å². The number of H-pyrrole nitrogens is 2. The van der Waals surface area contributed by atoms with Crippen molar-refractivity contribution in [3.8, 4) is 10.9 Å². The lowest BCUT2D eigenvalue weighted by molar-refractivity contribution is -0.135. The summed E-state index contributed by atoms with van der Waals surface area (Å²) in [5.74, 6) is 2.27. The summed E-state index contributed by atoms with van der Waals surface area (Å²) in [4.78, 5) is 59.6. The van der Waals surface area contributed by atoms with Crippen molar-refractivity contribution in [1.29, 1.82) is 0 Å². The third-order valence-corrected chi connectivity index (χ3v) is 11.3. The molecule has 282 valence electrons. The largest absolute Gasteiger partial charge is 0.453 e. The van der Waals surface area contributed by atoms with E-state index in [4.69, 9.17) is 39.7 Å². The zero-order valence-corrected chi connectivity index (χ0v) is 31.8. The first-order valence-corrected chi connectivity index (χ1v) is 19.1. The highest BCUT2D eigenvalue weighted by molar-refractivity contribution is 7.22. The summed E-state index contributed by atoms with van der Waals surface area (Å²) in [7, 11) is 2.94. The molecule has 2 aromatic carbocycles. The maximum Gasteiger partial charge on any atom is 0.407 e. The van der Waals surface area contributed by atoms with Crippen molar-refractivity contribution in [2.75, 3.05) is 27.3 Å². The monoisotopic (exact) mass is 744 g/mol. The lowest BCUT2D eigenvalue weighted by Crippen LogP contribution is -2.51. The van der Waals surface area contributed by atoms with Crippen molar-refractivity contribution in [1.82, 2.24) is 45.6 Å². The molecule has 0 bridgehead atoms. The van der Waals surface area contributed by atoms with Crippen molar-refractivity contribution in [2.24, 2.45) is 17.6 Å². The Hall–Kier alpha value is -4.64. The molecule has 6 aromatic rings. The molecule has 1 fully saturated rings. The van der Waals surface area contributed by atoms with Crippen molar-refractivity contribution in [2.45, 2.75) is 83.8 Å². The molecular formula is C37H48N10O5S. The van der Waals surface area contributed by atoms with Gasteiger partial charge in [0.25, 0.3) is 5.89 Å². The summed E-state index contributed by atoms with van der Waals surface area (Å²) in [5, 5.41) is 3.36. The Balaban J connectivity index is 1.19. The fourth-order valence-corrected chi connectivity index (χ4v) is 8.32. The first kappa shape index (κ1) is 36.7. The van der Waals surface area contributed by atoms with Crippen LogP contribution < -0.4 is 16.5 Å². The quantitative estimate of drug-likeness (QED) is 0.0785. The number of ether oxygens (including phenoxy) is 1. The summed E-state index contributed by atoms with van der Waals surface area (Å²) < 4.78 is 12.2. The van der Waals surface area contributed by atoms with Crippen LogP contribution in [0.15, 0.2) is 28.7 Å². The van der Waals surface area contributed by atoms with Crippen LogP contribution in [0.3, 0.4) is 0 Å². The Labute approximate surface area is 310 Å². The van der Waals surface area contributed by atoms with E-state index in [9.17, 15) is 9.59 Å². The standard InChI is InChI=1S/C37H48N10O5S/c1-18(2)25(46-51-6)17-20(9-7-15-38)32-39-22-12-14-24-31(29(22)44-32)53-35(42-24)34-41-23-13-11-21-28(30(23)52-34)43-33(40-21)26-10-8-16-47(26)36(48)27(19(3)4)45-37(49)50-5/h11-14,18-20,25-27,46H,7-10,15-17,38H2,1-6H3,(H,39,44)(H,40,43)(H,45,49)/t20?,25-,26+,27+/m1/s1. The van der Waals surface area contributed by atoms with Crippen LogP contribution in [-0.2, 0) is 14.4 Å². The number of nitrogens with zero attached hydrogens (tertiary/aromatic N) is 5. The lowest BCUT2D eigenvalue weighted by atomic mass is 9.89. The predicted octanol–water partition coefficient (Wildman–Crippen LogP) is 6.29. The van der Waals surface area contributed by atoms with E-state index in [1.54, 1.807) is 12.0 Å². The molecule has 15 nitrogen and oxygen atoms in total. The second kappa shape index (κ2) is 15.4. The number of oxazole rings is 1. The minimum Gasteiger partial charge on any atom is -0.453 e. The lowest BCUT2D eigenvalue weighted by Gasteiger charge is -2.29. The number of nitrogens with two attached hydrogens (primary N) is 1. The molecular weight excluding hydrogens is 697 g/mol. The number of aromatic amines is 2. The smallest absolute Gasteiger partial charge is 0.407 e. The highest BCUT2D eigenvalue weighted by Crippen LogP contribution is 2.39. The number of imidazole rings is 2. The number of likely N-dealkylation sites (tertiary alicyclic amines) is 1. The minimum atomic E-state index is -0.715. The van der Waals surface area contributed by atoms with E-state index in [1.807, 2.05) is 38.1 Å². The number of amides is 2. The van der Waals surface area contributed by atoms with Crippen LogP contribution in [0.4, 0.5) is 4.79 Å². The third-order valence-electron chi connectivity index (χ3n) is 10.2. The van der Waals surface area contributed by atoms with Gasteiger partial charge in [0.1, 0.15) is 28.7 Å². The first-order chi connectivity index (χ1) is 25.6. The normalized spacial score (nSPS) is 16.8. The number of rotatable bonds is 14. The molecule has 1 unspecified atom stereocenters. The summed E-state index contributed by atoms with van der Waals surface area (Å²) in [6.07, 6.45) is 3.59. The van der Waals surface area contributed by atoms with Crippen LogP contribution >= 0.6 is 11.3 Å². The number of nitrogens with one attached hydrogen (secondary N) is 4. The second-order valence-corrected chi connectivity index (χ2v) is 15.5. The van der Waals surface area contributed by atoms with Gasteiger partial charge in [-0.1, -0.05) is 27.7 Å². The molecule has 4 atom stereocenters. The Kier molecular flexibility index (Phi) is 10.7. The molecule has 0 radical (unpaired) electrons. The van der Waals surface area contributed by atoms with E-state index in [0.29, 0.717) is 57.9 Å². The van der Waals surface area contributed by atoms with E-state index >= 15 is 0 Å². The molecule has 7 rings (SSSR count). The van der Waals surface area contributed by atoms with Gasteiger partial charge < -0.3 is 39.9 Å². The first-order valence-electron chi connectivity index (χ1n) is 18.3. The highest BCUT2D eigenvalue weighted by Gasteiger charge is 2.38. The molecule has 0 aliphatic carbocycles. The van der Waals surface area contributed by atoms with Crippen LogP contribution in [0.5, 0.6) is 0 Å². The van der Waals surface area contributed by atoms with E-state index in [0.717, 1.165) is 59.2 Å². The van der Waals surface area contributed by atoms with Gasteiger partial charge in [0, 0.05) is 18.5 Å². The van der Waals surface area contributed by atoms with Crippen LogP contribution in [-0.4, -0.2) is 86.2 Å². The Morgan fingerprint density at radius 1 is 1.00 bits per heavy atom. The molecule has 6 N–H and O–H groups in total. The number of thiazole rings is 1. The predicted molar refractivity (Wildman–Crippen MR) is 204 cm³/mol. The van der Waals surface area contributed by atoms with Crippen molar-refractivity contribution in [3.05, 3.63) is 35.9 Å². The molecule has 1 aliphatic heterocycles. The zero-order valence-electron chi connectivity index (χ0n) is 31.0. The highest BCUT2D eigenvalue weighted by atomic mass is 32.1. The maximum absolute atomic E-state index is 13.7. The van der Waals surface area contributed by atoms with Crippen LogP contribution in [0.2, 0.25) is 0 Å². The van der Waals surface area contributed by atoms with Crippen molar-refractivity contribution >= 4 is 66.7 Å². The van der Waals surface area contributed by atoms with E-state index in [1.165, 1.54) is 18.4 Å². The Bertz CT molecular complexity index is 2240. The molecule has 1 aliphatic rings. The number of aromatic nitrogens is 6. The second-order valence-electron chi connectivity index (χ2n) is 14.5. The minimum absolute atomic E-state index is 0.126. The molecule has 4 aromatic heterocycles. The molecule has 16 heteroatoms. The topological polar surface area (TPSA) is 202 Å². The van der Waals surface area contributed by atoms with Gasteiger partial charge in [-0.15, -0.1) is 11.3 Å². The van der Waals surface area contributed by atoms with Crippen molar-refractivity contribution < 1.29 is 23.6 Å². The van der Waals surface area contributed by atoms with Gasteiger partial charge >= 0.3 is 6.09 Å². The maximum atomic E-state index is 13.7. The number of alkyl carbamates (subject to hydrolysis) is 1. The van der Waals surface area contributed by atoms with Gasteiger partial charge in [0.05, 0.1) is 47.0 Å². The summed E-state index contributed by atoms with van der Waals surface area (Å²) in [6.45, 7) is 9.35. The van der Waals surface area contributed by atoms with Gasteiger partial charge in [-0.05, 0) is 74.8 Å². The number of fused-ring (bicyclic) bond motifs is 6. The van der Waals surface area contributed by atoms with Gasteiger partial charge in [-0.2, -0.15) is 5.48 Å². The SMILES string of the molecule is CON[C@H](CC(CCCN)c1nc2ccc3nc(-c4nc5ccc6nc([C@@H]7CCCN7C(=O)[C@@H](NC(=O)OC)C(C)C)[nH]c6c5o4)sc3c2[nH]1)C(C)C. The van der Waals surface area contributed by atoms with E-state index in [2.05, 4.69) is 34.6 Å². The number of hydroxylamine groups is 1. The average Bonchev–Trinajstić information content (AvgIpc) is 3.98. The van der Waals surface area contributed by atoms with Gasteiger partial charge in [0.2, 0.25) is 5.91 Å². The fourth-order valence-electron chi connectivity index (χ4n) is 7.33. The molecule has 0 spiro atoms. The Morgan fingerprint density at radius 3 is 2.47 bits per heavy atom. The summed E-state index contributed by atoms with van der Waals surface area (Å²) >= 11 is 1.51. The molecule has 5 heterocycles. The third kappa shape index (κ3) is 7.20. The Morgan fingerprint density at radius 2 is 1.75 bits per heavy atom. The van der Waals surface area contributed by atoms with Gasteiger partial charge in [-0.3, -0.25) is 4.79 Å². The van der Waals surface area contributed by atoms with Crippen LogP contribution in [0.25, 0.3) is 54.3 Å². The summed E-state index contributed by atoms with van der Waals surface area (Å²) in [6, 6.07) is 6.95. The molecule has 53 heavy (non-hydrogen) atoms. The number of hydrogen-bond donors (Lipinski definition) is 5. The van der Waals surface area contributed by atoms with Crippen LogP contribution in [0.1, 0.15) is 83.4 Å². The zero-order chi connectivity index (χ0) is 37.4. The number of methoxy groups -OCH3 is 1. The van der Waals surface area contributed by atoms with Crippen molar-refractivity contribution in [3.63, 3.8) is 0 Å². The van der Waals surface area contributed by atoms with E-state index < -0.39 is 12.1 Å². The van der Waals surface area contributed by atoms with E-state index in [-0.39, 0.29) is 29.8 Å². The number of hydrogen-bond acceptors (Lipinski definition) is 12. The number of carbonyl (C=O) groups is 2. The number of carbonyl (C=O) groups excluding carboxylic acids is 2. The van der Waals surface area contributed by atoms with Gasteiger partial charge in [0.15, 0.2) is 10.6 Å². The molecule has 0 saturated carbocycles. The molecule has 2 amide bonds. The number of benzene rings is 2.